The third kappa shape index (κ3) is 8.22. The topological polar surface area (TPSA) is 198 Å². The van der Waals surface area contributed by atoms with Crippen LogP contribution in [0.15, 0.2) is 42.9 Å². The Morgan fingerprint density at radius 2 is 1.81 bits per heavy atom. The number of morpholine rings is 1. The van der Waals surface area contributed by atoms with Crippen molar-refractivity contribution in [2.75, 3.05) is 61.5 Å². The molecular weight excluding hydrogens is 833 g/mol. The van der Waals surface area contributed by atoms with Crippen molar-refractivity contribution < 1.29 is 42.2 Å². The molecule has 1 aromatic carbocycles. The Morgan fingerprint density at radius 3 is 2.56 bits per heavy atom. The monoisotopic (exact) mass is 883 g/mol. The zero-order chi connectivity index (χ0) is 44.1. The maximum Gasteiger partial charge on any atom is 0.284 e. The van der Waals surface area contributed by atoms with E-state index in [-0.39, 0.29) is 59.5 Å². The minimum absolute atomic E-state index is 0.0124. The number of likely N-dealkylation sites (tertiary alicyclic amines) is 1. The number of benzene rings is 1. The summed E-state index contributed by atoms with van der Waals surface area (Å²) < 4.78 is 43.6. The molecule has 0 spiro atoms. The van der Waals surface area contributed by atoms with Gasteiger partial charge in [0.2, 0.25) is 11.8 Å². The van der Waals surface area contributed by atoms with Crippen LogP contribution in [0.5, 0.6) is 0 Å². The van der Waals surface area contributed by atoms with E-state index in [2.05, 4.69) is 35.9 Å². The van der Waals surface area contributed by atoms with Crippen molar-refractivity contribution in [2.45, 2.75) is 101 Å². The van der Waals surface area contributed by atoms with Gasteiger partial charge in [-0.05, 0) is 81.9 Å². The van der Waals surface area contributed by atoms with Crippen molar-refractivity contribution in [1.29, 1.82) is 0 Å². The van der Waals surface area contributed by atoms with Crippen LogP contribution in [0.4, 0.5) is 26.0 Å². The molecule has 3 atom stereocenters. The molecule has 5 aliphatic heterocycles. The fraction of sp³-hybridized carbons (Fsp3) is 0.545. The lowest BCUT2D eigenvalue weighted by Gasteiger charge is -2.36. The van der Waals surface area contributed by atoms with E-state index in [4.69, 9.17) is 14.5 Å². The lowest BCUT2D eigenvalue weighted by atomic mass is 9.85. The van der Waals surface area contributed by atoms with Crippen LogP contribution in [0.25, 0.3) is 5.65 Å². The van der Waals surface area contributed by atoms with Gasteiger partial charge in [-0.25, -0.2) is 18.3 Å². The molecule has 64 heavy (non-hydrogen) atoms. The molecule has 8 heterocycles. The molecule has 1 unspecified atom stereocenters. The molecule has 0 radical (unpaired) electrons. The highest BCUT2D eigenvalue weighted by Gasteiger charge is 2.46. The Balaban J connectivity index is 0.657. The number of carbonyl (C=O) groups excluding carboxylic acids is 5. The van der Waals surface area contributed by atoms with Gasteiger partial charge in [0.25, 0.3) is 24.1 Å². The summed E-state index contributed by atoms with van der Waals surface area (Å²) in [5.41, 5.74) is 1.07. The van der Waals surface area contributed by atoms with E-state index in [1.54, 1.807) is 29.1 Å². The Bertz CT molecular complexity index is 2460. The summed E-state index contributed by atoms with van der Waals surface area (Å²) in [7, 11) is 0. The molecule has 4 aromatic rings. The van der Waals surface area contributed by atoms with Gasteiger partial charge in [0, 0.05) is 63.8 Å². The number of anilines is 3. The molecule has 1 saturated carbocycles. The zero-order valence-corrected chi connectivity index (χ0v) is 35.3. The number of hydrogen-bond donors (Lipinski definition) is 3. The lowest BCUT2D eigenvalue weighted by molar-refractivity contribution is -0.136. The first kappa shape index (κ1) is 42.1. The standard InChI is InChI=1S/C44H51F2N11O7/c45-39(46)38-33(49-41(59)31-20-48-55-17-13-35(50-40(31)55)54-22-29-19-27(54)24-64-29)23-56(52-38)26-7-5-25(6-8-26)21-53-15-11-28(12-16-53)63-18-2-14-47-32-4-1-3-30-37(32)44(62)57(43(30)61)34-9-10-36(58)51-42(34)60/h1,3-4,13,17,20,23,25-29,34,39,47H,2,5-12,14-16,18-19,21-22,24H2,(H,49,59)(H,51,58,60)/t25?,26?,27-,29-,34?/m1/s1. The molecule has 2 bridgehead atoms. The van der Waals surface area contributed by atoms with Gasteiger partial charge in [-0.15, -0.1) is 0 Å². The number of amides is 5. The third-order valence-corrected chi connectivity index (χ3v) is 13.7. The smallest absolute Gasteiger partial charge is 0.284 e. The number of halogens is 2. The second-order valence-corrected chi connectivity index (χ2v) is 17.8. The van der Waals surface area contributed by atoms with E-state index < -0.39 is 47.7 Å². The third-order valence-electron chi connectivity index (χ3n) is 13.7. The quantitative estimate of drug-likeness (QED) is 0.120. The van der Waals surface area contributed by atoms with E-state index in [9.17, 15) is 32.8 Å². The maximum atomic E-state index is 14.3. The SMILES string of the molecule is O=C1CCC(N2C(=O)c3cccc(NCCCOC4CCN(CC5CCC(n6cc(NC(=O)c7cnn8ccc(N9C[C@H]%10C[C@@H]9CO%10)nc78)c(C(F)F)n6)CC5)CC4)c3C2=O)C(=O)N1. The second-order valence-electron chi connectivity index (χ2n) is 17.8. The number of aromatic nitrogens is 5. The van der Waals surface area contributed by atoms with Crippen LogP contribution in [0, 0.1) is 5.92 Å². The average molecular weight is 884 g/mol. The van der Waals surface area contributed by atoms with Gasteiger partial charge in [-0.3, -0.25) is 38.9 Å². The van der Waals surface area contributed by atoms with E-state index in [0.29, 0.717) is 43.4 Å². The minimum atomic E-state index is -2.87. The number of alkyl halides is 2. The van der Waals surface area contributed by atoms with Crippen molar-refractivity contribution in [1.82, 2.24) is 39.5 Å². The van der Waals surface area contributed by atoms with Crippen molar-refractivity contribution in [2.24, 2.45) is 5.92 Å². The molecule has 6 aliphatic rings. The van der Waals surface area contributed by atoms with Crippen LogP contribution < -0.4 is 20.9 Å². The summed E-state index contributed by atoms with van der Waals surface area (Å²) in [6.45, 7) is 5.25. The Hall–Kier alpha value is -5.86. The summed E-state index contributed by atoms with van der Waals surface area (Å²) in [4.78, 5) is 74.5. The van der Waals surface area contributed by atoms with E-state index in [0.717, 1.165) is 81.8 Å². The molecule has 5 amide bonds. The van der Waals surface area contributed by atoms with Gasteiger partial charge in [0.15, 0.2) is 11.3 Å². The lowest BCUT2D eigenvalue weighted by Crippen LogP contribution is -2.54. The first-order valence-electron chi connectivity index (χ1n) is 22.4. The number of hydrogen-bond acceptors (Lipinski definition) is 13. The van der Waals surface area contributed by atoms with Gasteiger partial charge in [0.1, 0.15) is 17.4 Å². The normalized spacial score (nSPS) is 25.2. The highest BCUT2D eigenvalue weighted by molar-refractivity contribution is 6.25. The zero-order valence-electron chi connectivity index (χ0n) is 35.3. The van der Waals surface area contributed by atoms with Gasteiger partial charge in [-0.2, -0.15) is 10.2 Å². The highest BCUT2D eigenvalue weighted by atomic mass is 19.3. The summed E-state index contributed by atoms with van der Waals surface area (Å²) in [6, 6.07) is 6.05. The number of carbonyl (C=O) groups is 5. The van der Waals surface area contributed by atoms with Gasteiger partial charge in [-0.1, -0.05) is 6.07 Å². The van der Waals surface area contributed by atoms with Gasteiger partial charge < -0.3 is 29.9 Å². The number of fused-ring (bicyclic) bond motifs is 4. The van der Waals surface area contributed by atoms with Crippen molar-refractivity contribution in [3.63, 3.8) is 0 Å². The van der Waals surface area contributed by atoms with Crippen LogP contribution in [-0.4, -0.2) is 134 Å². The maximum absolute atomic E-state index is 14.3. The van der Waals surface area contributed by atoms with Crippen LogP contribution in [0.2, 0.25) is 0 Å². The van der Waals surface area contributed by atoms with Gasteiger partial charge >= 0.3 is 0 Å². The second kappa shape index (κ2) is 17.6. The first-order valence-corrected chi connectivity index (χ1v) is 22.4. The molecule has 20 heteroatoms. The summed E-state index contributed by atoms with van der Waals surface area (Å²) in [5.74, 6) is -1.49. The fourth-order valence-electron chi connectivity index (χ4n) is 10.3. The molecule has 18 nitrogen and oxygen atoms in total. The summed E-state index contributed by atoms with van der Waals surface area (Å²) in [5, 5.41) is 16.7. The number of nitrogens with zero attached hydrogens (tertiary/aromatic N) is 8. The van der Waals surface area contributed by atoms with Crippen LogP contribution >= 0.6 is 0 Å². The fourth-order valence-corrected chi connectivity index (χ4v) is 10.3. The van der Waals surface area contributed by atoms with Crippen LogP contribution in [0.1, 0.15) is 113 Å². The number of ether oxygens (including phenoxy) is 2. The van der Waals surface area contributed by atoms with Crippen molar-refractivity contribution in [3.8, 4) is 0 Å². The minimum Gasteiger partial charge on any atom is -0.384 e. The number of imide groups is 2. The predicted molar refractivity (Wildman–Crippen MR) is 226 cm³/mol. The number of piperidine rings is 2. The first-order chi connectivity index (χ1) is 31.1. The molecule has 338 valence electrons. The van der Waals surface area contributed by atoms with Crippen LogP contribution in [0.3, 0.4) is 0 Å². The predicted octanol–water partition coefficient (Wildman–Crippen LogP) is 4.21. The van der Waals surface area contributed by atoms with E-state index in [1.807, 2.05) is 6.07 Å². The summed E-state index contributed by atoms with van der Waals surface area (Å²) in [6.07, 6.45) is 9.27. The van der Waals surface area contributed by atoms with Crippen molar-refractivity contribution >= 4 is 52.4 Å². The number of rotatable bonds is 14. The molecule has 3 N–H and O–H groups in total. The Kier molecular flexibility index (Phi) is 11.6. The molecule has 1 aliphatic carbocycles. The highest BCUT2D eigenvalue weighted by Crippen LogP contribution is 2.37. The van der Waals surface area contributed by atoms with E-state index >= 15 is 0 Å². The molecule has 10 rings (SSSR count). The van der Waals surface area contributed by atoms with Crippen molar-refractivity contribution in [3.05, 3.63) is 65.2 Å². The average Bonchev–Trinajstić information content (AvgIpc) is 4.15. The molecular formula is C44H51F2N11O7. The Labute approximate surface area is 367 Å². The van der Waals surface area contributed by atoms with E-state index in [1.165, 1.54) is 16.9 Å². The number of nitrogens with one attached hydrogen (secondary N) is 3. The molecule has 5 fully saturated rings. The largest absolute Gasteiger partial charge is 0.384 e. The molecule has 3 aromatic heterocycles. The Morgan fingerprint density at radius 1 is 0.984 bits per heavy atom. The van der Waals surface area contributed by atoms with Crippen LogP contribution in [-0.2, 0) is 19.1 Å². The van der Waals surface area contributed by atoms with Gasteiger partial charge in [0.05, 0.1) is 53.9 Å². The summed E-state index contributed by atoms with van der Waals surface area (Å²) >= 11 is 0. The molecule has 4 saturated heterocycles.